The monoisotopic (exact) mass is 452 g/mol. The molecular formula is C24H23F3N6. The van der Waals surface area contributed by atoms with Crippen LogP contribution in [0.25, 0.3) is 5.78 Å². The van der Waals surface area contributed by atoms with E-state index in [1.165, 1.54) is 24.0 Å². The average Bonchev–Trinajstić information content (AvgIpc) is 3.28. The zero-order valence-corrected chi connectivity index (χ0v) is 18.1. The fraction of sp³-hybridized carbons (Fsp3) is 0.292. The molecular weight excluding hydrogens is 429 g/mol. The van der Waals surface area contributed by atoms with Crippen molar-refractivity contribution >= 4 is 17.3 Å². The van der Waals surface area contributed by atoms with Crippen molar-refractivity contribution in [2.45, 2.75) is 19.5 Å². The molecule has 9 heteroatoms. The van der Waals surface area contributed by atoms with Crippen LogP contribution in [-0.2, 0) is 12.6 Å². The molecule has 170 valence electrons. The molecule has 0 amide bonds. The van der Waals surface area contributed by atoms with Crippen molar-refractivity contribution < 1.29 is 13.2 Å². The molecule has 5 rings (SSSR count). The lowest BCUT2D eigenvalue weighted by atomic mass is 10.0. The minimum absolute atomic E-state index is 0.541. The highest BCUT2D eigenvalue weighted by Gasteiger charge is 2.31. The van der Waals surface area contributed by atoms with E-state index in [9.17, 15) is 13.2 Å². The Hall–Kier alpha value is -3.62. The van der Waals surface area contributed by atoms with E-state index in [0.29, 0.717) is 44.1 Å². The summed E-state index contributed by atoms with van der Waals surface area (Å²) in [6, 6.07) is 15.7. The number of piperazine rings is 1. The summed E-state index contributed by atoms with van der Waals surface area (Å²) in [6.07, 6.45) is -2.15. The number of fused-ring (bicyclic) bond motifs is 1. The fourth-order valence-electron chi connectivity index (χ4n) is 4.36. The Labute approximate surface area is 189 Å². The average molecular weight is 452 g/mol. The Bertz CT molecular complexity index is 1260. The normalized spacial score (nSPS) is 14.8. The van der Waals surface area contributed by atoms with Crippen LogP contribution in [0.5, 0.6) is 0 Å². The molecule has 0 N–H and O–H groups in total. The number of hydrogen-bond donors (Lipinski definition) is 0. The zero-order valence-electron chi connectivity index (χ0n) is 18.1. The fourth-order valence-corrected chi connectivity index (χ4v) is 4.36. The van der Waals surface area contributed by atoms with E-state index in [0.717, 1.165) is 23.1 Å². The molecule has 1 aliphatic heterocycles. The Kier molecular flexibility index (Phi) is 5.39. The van der Waals surface area contributed by atoms with Gasteiger partial charge in [0.15, 0.2) is 0 Å². The Morgan fingerprint density at radius 2 is 1.64 bits per heavy atom. The minimum Gasteiger partial charge on any atom is -0.368 e. The topological polar surface area (TPSA) is 49.6 Å². The Morgan fingerprint density at radius 3 is 2.36 bits per heavy atom. The second-order valence-electron chi connectivity index (χ2n) is 8.16. The molecule has 2 aromatic carbocycles. The molecule has 1 aliphatic rings. The van der Waals surface area contributed by atoms with Crippen LogP contribution in [0.2, 0.25) is 0 Å². The van der Waals surface area contributed by atoms with Gasteiger partial charge in [-0.05, 0) is 30.7 Å². The van der Waals surface area contributed by atoms with Gasteiger partial charge < -0.3 is 9.80 Å². The van der Waals surface area contributed by atoms with E-state index in [1.807, 2.05) is 30.0 Å². The van der Waals surface area contributed by atoms with Crippen LogP contribution in [0.1, 0.15) is 22.4 Å². The van der Waals surface area contributed by atoms with Gasteiger partial charge in [-0.3, -0.25) is 0 Å². The highest BCUT2D eigenvalue weighted by molar-refractivity contribution is 5.58. The summed E-state index contributed by atoms with van der Waals surface area (Å²) < 4.78 is 41.2. The molecule has 1 fully saturated rings. The van der Waals surface area contributed by atoms with E-state index >= 15 is 0 Å². The molecule has 0 spiro atoms. The van der Waals surface area contributed by atoms with Crippen LogP contribution < -0.4 is 9.80 Å². The van der Waals surface area contributed by atoms with Gasteiger partial charge in [0.1, 0.15) is 12.1 Å². The third-order valence-electron chi connectivity index (χ3n) is 6.05. The number of benzene rings is 2. The molecule has 0 aliphatic carbocycles. The number of halogens is 3. The van der Waals surface area contributed by atoms with Crippen molar-refractivity contribution in [1.29, 1.82) is 0 Å². The number of anilines is 2. The van der Waals surface area contributed by atoms with Gasteiger partial charge >= 0.3 is 6.18 Å². The predicted molar refractivity (Wildman–Crippen MR) is 121 cm³/mol. The smallest absolute Gasteiger partial charge is 0.368 e. The summed E-state index contributed by atoms with van der Waals surface area (Å²) in [5.41, 5.74) is 3.11. The molecule has 0 unspecified atom stereocenters. The summed E-state index contributed by atoms with van der Waals surface area (Å²) in [5, 5.41) is 4.42. The van der Waals surface area contributed by atoms with Crippen LogP contribution in [0, 0.1) is 6.92 Å². The van der Waals surface area contributed by atoms with E-state index in [-0.39, 0.29) is 0 Å². The molecule has 2 aromatic heterocycles. The predicted octanol–water partition coefficient (Wildman–Crippen LogP) is 4.37. The third kappa shape index (κ3) is 4.22. The lowest BCUT2D eigenvalue weighted by Crippen LogP contribution is -2.47. The van der Waals surface area contributed by atoms with Gasteiger partial charge in [-0.2, -0.15) is 27.8 Å². The highest BCUT2D eigenvalue weighted by atomic mass is 19.4. The van der Waals surface area contributed by atoms with Gasteiger partial charge in [-0.25, -0.2) is 4.98 Å². The quantitative estimate of drug-likeness (QED) is 0.460. The molecule has 33 heavy (non-hydrogen) atoms. The van der Waals surface area contributed by atoms with Crippen LogP contribution in [0.15, 0.2) is 60.9 Å². The summed E-state index contributed by atoms with van der Waals surface area (Å²) in [4.78, 5) is 13.1. The Balaban J connectivity index is 1.44. The maximum absolute atomic E-state index is 13.1. The number of rotatable bonds is 4. The molecule has 6 nitrogen and oxygen atoms in total. The maximum atomic E-state index is 13.1. The van der Waals surface area contributed by atoms with Crippen molar-refractivity contribution in [2.75, 3.05) is 36.0 Å². The first-order chi connectivity index (χ1) is 15.9. The maximum Gasteiger partial charge on any atom is 0.416 e. The highest BCUT2D eigenvalue weighted by Crippen LogP contribution is 2.33. The number of aromatic nitrogens is 4. The molecule has 0 bridgehead atoms. The van der Waals surface area contributed by atoms with Gasteiger partial charge in [0.25, 0.3) is 5.78 Å². The van der Waals surface area contributed by atoms with Gasteiger partial charge in [-0.1, -0.05) is 36.4 Å². The molecule has 0 saturated carbocycles. The molecule has 0 radical (unpaired) electrons. The SMILES string of the molecule is Cc1nc2ncnn2c(N2CCN(c3cccc(C(F)(F)F)c3)CC2)c1Cc1ccccc1. The van der Waals surface area contributed by atoms with Crippen molar-refractivity contribution in [3.8, 4) is 0 Å². The van der Waals surface area contributed by atoms with E-state index < -0.39 is 11.7 Å². The zero-order chi connectivity index (χ0) is 23.0. The van der Waals surface area contributed by atoms with E-state index in [2.05, 4.69) is 32.1 Å². The van der Waals surface area contributed by atoms with Crippen molar-refractivity contribution in [3.05, 3.63) is 83.3 Å². The van der Waals surface area contributed by atoms with Gasteiger partial charge in [0.05, 0.1) is 5.56 Å². The third-order valence-corrected chi connectivity index (χ3v) is 6.05. The lowest BCUT2D eigenvalue weighted by Gasteiger charge is -2.38. The minimum atomic E-state index is -4.35. The molecule has 0 atom stereocenters. The first-order valence-electron chi connectivity index (χ1n) is 10.8. The van der Waals surface area contributed by atoms with Crippen LogP contribution in [0.4, 0.5) is 24.7 Å². The summed E-state index contributed by atoms with van der Waals surface area (Å²) in [7, 11) is 0. The molecule has 1 saturated heterocycles. The largest absolute Gasteiger partial charge is 0.416 e. The summed E-state index contributed by atoms with van der Waals surface area (Å²) in [5.74, 6) is 1.49. The second kappa shape index (κ2) is 8.38. The van der Waals surface area contributed by atoms with Crippen LogP contribution in [0.3, 0.4) is 0 Å². The number of hydrogen-bond acceptors (Lipinski definition) is 5. The van der Waals surface area contributed by atoms with E-state index in [4.69, 9.17) is 0 Å². The first kappa shape index (κ1) is 21.2. The number of alkyl halides is 3. The van der Waals surface area contributed by atoms with Crippen molar-refractivity contribution in [2.24, 2.45) is 0 Å². The van der Waals surface area contributed by atoms with Gasteiger partial charge in [0.2, 0.25) is 0 Å². The lowest BCUT2D eigenvalue weighted by molar-refractivity contribution is -0.137. The molecule has 4 aromatic rings. The molecule has 3 heterocycles. The standard InChI is InChI=1S/C24H23F3N6/c1-17-21(14-18-6-3-2-4-7-18)22(33-23(30-17)28-16-29-33)32-12-10-31(11-13-32)20-9-5-8-19(15-20)24(25,26)27/h2-9,15-16H,10-14H2,1H3. The Morgan fingerprint density at radius 1 is 0.909 bits per heavy atom. The van der Waals surface area contributed by atoms with Crippen molar-refractivity contribution in [1.82, 2.24) is 19.6 Å². The summed E-state index contributed by atoms with van der Waals surface area (Å²) >= 11 is 0. The van der Waals surface area contributed by atoms with Gasteiger partial charge in [-0.15, -0.1) is 0 Å². The van der Waals surface area contributed by atoms with Crippen LogP contribution in [-0.4, -0.2) is 45.8 Å². The van der Waals surface area contributed by atoms with Crippen LogP contribution >= 0.6 is 0 Å². The van der Waals surface area contributed by atoms with Gasteiger partial charge in [0, 0.05) is 49.5 Å². The number of aryl methyl sites for hydroxylation is 1. The van der Waals surface area contributed by atoms with Crippen molar-refractivity contribution in [3.63, 3.8) is 0 Å². The first-order valence-corrected chi connectivity index (χ1v) is 10.8. The number of nitrogens with zero attached hydrogens (tertiary/aromatic N) is 6. The van der Waals surface area contributed by atoms with E-state index in [1.54, 1.807) is 10.6 Å². The second-order valence-corrected chi connectivity index (χ2v) is 8.16. The summed E-state index contributed by atoms with van der Waals surface area (Å²) in [6.45, 7) is 4.48.